The van der Waals surface area contributed by atoms with Crippen molar-refractivity contribution in [3.8, 4) is 0 Å². The van der Waals surface area contributed by atoms with Gasteiger partial charge in [0.15, 0.2) is 0 Å². The highest BCUT2D eigenvalue weighted by Gasteiger charge is 2.23. The van der Waals surface area contributed by atoms with Crippen LogP contribution in [0, 0.1) is 0 Å². The number of fused-ring (bicyclic) bond motifs is 2. The topological polar surface area (TPSA) is 9.23 Å². The summed E-state index contributed by atoms with van der Waals surface area (Å²) in [5.74, 6) is 0. The molecule has 1 nitrogen and oxygen atoms in total. The Hall–Kier alpha value is 0.0500. The molecule has 1 saturated heterocycles. The molecule has 2 atom stereocenters. The van der Waals surface area contributed by atoms with Gasteiger partial charge >= 0.3 is 0 Å². The molecule has 44 valence electrons. The molecule has 3 rings (SSSR count). The monoisotopic (exact) mass is 128 g/mol. The normalized spacial score (nSPS) is 43.0. The highest BCUT2D eigenvalue weighted by molar-refractivity contribution is 7.95. The van der Waals surface area contributed by atoms with Crippen LogP contribution in [0.1, 0.15) is 12.8 Å². The van der Waals surface area contributed by atoms with Crippen molar-refractivity contribution >= 4 is 12.0 Å². The Morgan fingerprint density at radius 1 is 1.38 bits per heavy atom. The molecule has 0 spiro atoms. The molecular weight excluding hydrogens is 120 g/mol. The molecule has 8 heavy (non-hydrogen) atoms. The molecule has 0 saturated carbocycles. The molecular formula is C6H8OS. The Morgan fingerprint density at radius 2 is 2.38 bits per heavy atom. The fourth-order valence-electron chi connectivity index (χ4n) is 1.07. The lowest BCUT2D eigenvalue weighted by molar-refractivity contribution is 0.250. The highest BCUT2D eigenvalue weighted by Crippen LogP contribution is 2.33. The van der Waals surface area contributed by atoms with Gasteiger partial charge < -0.3 is 4.18 Å². The first-order valence-corrected chi connectivity index (χ1v) is 3.76. The summed E-state index contributed by atoms with van der Waals surface area (Å²) in [5.41, 5.74) is 0. The van der Waals surface area contributed by atoms with E-state index < -0.39 is 0 Å². The summed E-state index contributed by atoms with van der Waals surface area (Å²) in [6.07, 6.45) is 7.40. The van der Waals surface area contributed by atoms with Crippen molar-refractivity contribution < 1.29 is 4.18 Å². The fourth-order valence-corrected chi connectivity index (χ4v) is 1.90. The van der Waals surface area contributed by atoms with Crippen molar-refractivity contribution in [1.82, 2.24) is 0 Å². The third-order valence-corrected chi connectivity index (χ3v) is 2.58. The van der Waals surface area contributed by atoms with Gasteiger partial charge in [-0.25, -0.2) is 0 Å². The molecule has 1 aliphatic carbocycles. The summed E-state index contributed by atoms with van der Waals surface area (Å²) in [5, 5.41) is 0.667. The van der Waals surface area contributed by atoms with Gasteiger partial charge in [-0.15, -0.1) is 0 Å². The third-order valence-electron chi connectivity index (χ3n) is 1.58. The van der Waals surface area contributed by atoms with Crippen LogP contribution in [0.2, 0.25) is 0 Å². The molecule has 0 amide bonds. The van der Waals surface area contributed by atoms with E-state index in [1.54, 1.807) is 12.0 Å². The predicted molar refractivity (Wildman–Crippen MR) is 34.6 cm³/mol. The lowest BCUT2D eigenvalue weighted by Gasteiger charge is -2.28. The van der Waals surface area contributed by atoms with E-state index in [0.717, 1.165) is 0 Å². The second-order valence-electron chi connectivity index (χ2n) is 2.23. The van der Waals surface area contributed by atoms with Gasteiger partial charge in [0.2, 0.25) is 0 Å². The molecule has 0 radical (unpaired) electrons. The summed E-state index contributed by atoms with van der Waals surface area (Å²) in [4.78, 5) is 0. The van der Waals surface area contributed by atoms with Crippen molar-refractivity contribution in [3.63, 3.8) is 0 Å². The van der Waals surface area contributed by atoms with Crippen LogP contribution in [0.4, 0.5) is 0 Å². The Bertz CT molecular complexity index is 99.7. The van der Waals surface area contributed by atoms with Crippen LogP contribution in [-0.4, -0.2) is 11.4 Å². The maximum Gasteiger partial charge on any atom is 0.0904 e. The Balaban J connectivity index is 2.20. The fraction of sp³-hybridized carbons (Fsp3) is 0.667. The van der Waals surface area contributed by atoms with Crippen LogP contribution >= 0.6 is 12.0 Å². The van der Waals surface area contributed by atoms with E-state index in [2.05, 4.69) is 12.2 Å². The maximum atomic E-state index is 5.31. The van der Waals surface area contributed by atoms with Crippen LogP contribution in [-0.2, 0) is 4.18 Å². The smallest absolute Gasteiger partial charge is 0.0904 e. The molecule has 2 bridgehead atoms. The largest absolute Gasteiger partial charge is 0.307 e. The van der Waals surface area contributed by atoms with E-state index in [4.69, 9.17) is 4.18 Å². The van der Waals surface area contributed by atoms with Gasteiger partial charge in [0, 0.05) is 5.25 Å². The van der Waals surface area contributed by atoms with Crippen LogP contribution in [0.15, 0.2) is 12.2 Å². The van der Waals surface area contributed by atoms with Crippen molar-refractivity contribution in [2.45, 2.75) is 24.2 Å². The quantitative estimate of drug-likeness (QED) is 0.363. The lowest BCUT2D eigenvalue weighted by atomic mass is 10.1. The van der Waals surface area contributed by atoms with Gasteiger partial charge in [-0.3, -0.25) is 0 Å². The van der Waals surface area contributed by atoms with Crippen LogP contribution in [0.3, 0.4) is 0 Å². The minimum Gasteiger partial charge on any atom is -0.307 e. The second-order valence-corrected chi connectivity index (χ2v) is 3.22. The summed E-state index contributed by atoms with van der Waals surface area (Å²) in [7, 11) is 0. The number of rotatable bonds is 0. The van der Waals surface area contributed by atoms with Crippen molar-refractivity contribution in [2.75, 3.05) is 0 Å². The van der Waals surface area contributed by atoms with Crippen LogP contribution < -0.4 is 0 Å². The molecule has 2 heterocycles. The minimum atomic E-state index is 0.435. The number of hydrogen-bond donors (Lipinski definition) is 0. The molecule has 3 aliphatic rings. The van der Waals surface area contributed by atoms with Crippen LogP contribution in [0.5, 0.6) is 0 Å². The van der Waals surface area contributed by atoms with Crippen molar-refractivity contribution in [3.05, 3.63) is 12.2 Å². The van der Waals surface area contributed by atoms with Gasteiger partial charge in [0.25, 0.3) is 0 Å². The molecule has 0 N–H and O–H groups in total. The van der Waals surface area contributed by atoms with E-state index in [0.29, 0.717) is 11.4 Å². The standard InChI is InChI=1S/C6H8OS/c1-3-6-4-2-5(1)7-8-6/h1,3,5-6H,2,4H2. The van der Waals surface area contributed by atoms with E-state index >= 15 is 0 Å². The summed E-state index contributed by atoms with van der Waals surface area (Å²) in [6.45, 7) is 0. The Kier molecular flexibility index (Phi) is 1.09. The molecule has 0 aromatic heterocycles. The van der Waals surface area contributed by atoms with E-state index in [1.807, 2.05) is 0 Å². The summed E-state index contributed by atoms with van der Waals surface area (Å²) < 4.78 is 5.31. The molecule has 2 heteroatoms. The first kappa shape index (κ1) is 4.89. The van der Waals surface area contributed by atoms with E-state index in [1.165, 1.54) is 12.8 Å². The lowest BCUT2D eigenvalue weighted by Crippen LogP contribution is -2.22. The zero-order valence-corrected chi connectivity index (χ0v) is 5.36. The third kappa shape index (κ3) is 0.681. The summed E-state index contributed by atoms with van der Waals surface area (Å²) >= 11 is 1.63. The zero-order chi connectivity index (χ0) is 5.40. The van der Waals surface area contributed by atoms with Gasteiger partial charge in [-0.2, -0.15) is 0 Å². The molecule has 1 fully saturated rings. The zero-order valence-electron chi connectivity index (χ0n) is 4.54. The van der Waals surface area contributed by atoms with Gasteiger partial charge in [-0.05, 0) is 24.9 Å². The van der Waals surface area contributed by atoms with Crippen molar-refractivity contribution in [1.29, 1.82) is 0 Å². The molecule has 0 aromatic rings. The summed E-state index contributed by atoms with van der Waals surface area (Å²) in [6, 6.07) is 0. The second kappa shape index (κ2) is 1.78. The van der Waals surface area contributed by atoms with E-state index in [9.17, 15) is 0 Å². The first-order chi connectivity index (χ1) is 3.95. The van der Waals surface area contributed by atoms with E-state index in [-0.39, 0.29) is 0 Å². The highest BCUT2D eigenvalue weighted by atomic mass is 32.2. The first-order valence-electron chi connectivity index (χ1n) is 2.95. The van der Waals surface area contributed by atoms with Gasteiger partial charge in [0.05, 0.1) is 6.10 Å². The minimum absolute atomic E-state index is 0.435. The predicted octanol–water partition coefficient (Wildman–Crippen LogP) is 1.75. The maximum absolute atomic E-state index is 5.31. The molecule has 2 aliphatic heterocycles. The van der Waals surface area contributed by atoms with Gasteiger partial charge in [-0.1, -0.05) is 12.2 Å². The van der Waals surface area contributed by atoms with Crippen molar-refractivity contribution in [2.24, 2.45) is 0 Å². The van der Waals surface area contributed by atoms with Gasteiger partial charge in [0.1, 0.15) is 0 Å². The average molecular weight is 128 g/mol. The average Bonchev–Trinajstić information content (AvgIpc) is 1.92. The SMILES string of the molecule is C1=CC2CCC1OS2. The van der Waals surface area contributed by atoms with Crippen LogP contribution in [0.25, 0.3) is 0 Å². The molecule has 2 unspecified atom stereocenters. The number of hydrogen-bond acceptors (Lipinski definition) is 2. The Morgan fingerprint density at radius 3 is 2.50 bits per heavy atom. The Labute approximate surface area is 53.3 Å². The molecule has 0 aromatic carbocycles.